The maximum absolute atomic E-state index is 12.0. The first-order valence-corrected chi connectivity index (χ1v) is 8.34. The number of nitrogens with zero attached hydrogens (tertiary/aromatic N) is 1. The summed E-state index contributed by atoms with van der Waals surface area (Å²) in [7, 11) is 0. The molecule has 0 spiro atoms. The Kier molecular flexibility index (Phi) is 6.49. The van der Waals surface area contributed by atoms with Crippen LogP contribution in [0.25, 0.3) is 0 Å². The van der Waals surface area contributed by atoms with E-state index >= 15 is 0 Å². The lowest BCUT2D eigenvalue weighted by Crippen LogP contribution is -2.32. The minimum Gasteiger partial charge on any atom is -0.491 e. The zero-order chi connectivity index (χ0) is 19.1. The van der Waals surface area contributed by atoms with Crippen LogP contribution in [0, 0.1) is 13.8 Å². The summed E-state index contributed by atoms with van der Waals surface area (Å²) in [5.41, 5.74) is 5.55. The fourth-order valence-corrected chi connectivity index (χ4v) is 2.19. The van der Waals surface area contributed by atoms with E-state index in [-0.39, 0.29) is 6.10 Å². The Labute approximate surface area is 153 Å². The molecular weight excluding hydrogens is 330 g/mol. The first-order chi connectivity index (χ1) is 12.4. The summed E-state index contributed by atoms with van der Waals surface area (Å²) in [6.45, 7) is 7.73. The van der Waals surface area contributed by atoms with Crippen LogP contribution in [0.3, 0.4) is 0 Å². The molecule has 0 aliphatic rings. The molecule has 2 aromatic carbocycles. The molecule has 0 aliphatic carbocycles. The SMILES string of the molecule is Cc1cccc(NC(=O)C(=O)N/N=C\c2ccc(OC(C)C)cc2)c1C. The van der Waals surface area contributed by atoms with Crippen LogP contribution in [0.4, 0.5) is 5.69 Å². The lowest BCUT2D eigenvalue weighted by atomic mass is 10.1. The highest BCUT2D eigenvalue weighted by atomic mass is 16.5. The van der Waals surface area contributed by atoms with Gasteiger partial charge in [0.05, 0.1) is 12.3 Å². The molecule has 0 bridgehead atoms. The van der Waals surface area contributed by atoms with Crippen molar-refractivity contribution in [1.82, 2.24) is 5.43 Å². The number of anilines is 1. The van der Waals surface area contributed by atoms with Gasteiger partial charge in [-0.15, -0.1) is 0 Å². The molecule has 6 heteroatoms. The monoisotopic (exact) mass is 353 g/mol. The van der Waals surface area contributed by atoms with E-state index in [4.69, 9.17) is 4.74 Å². The predicted octanol–water partition coefficient (Wildman–Crippen LogP) is 3.18. The van der Waals surface area contributed by atoms with Gasteiger partial charge < -0.3 is 10.1 Å². The predicted molar refractivity (Wildman–Crippen MR) is 102 cm³/mol. The Morgan fingerprint density at radius 2 is 1.73 bits per heavy atom. The van der Waals surface area contributed by atoms with Gasteiger partial charge in [-0.2, -0.15) is 5.10 Å². The molecule has 2 rings (SSSR count). The number of hydrogen-bond acceptors (Lipinski definition) is 4. The summed E-state index contributed by atoms with van der Waals surface area (Å²) in [5, 5.41) is 6.39. The number of ether oxygens (including phenoxy) is 1. The highest BCUT2D eigenvalue weighted by molar-refractivity contribution is 6.39. The van der Waals surface area contributed by atoms with Crippen LogP contribution in [0.15, 0.2) is 47.6 Å². The van der Waals surface area contributed by atoms with Gasteiger partial charge in [0.2, 0.25) is 0 Å². The Hall–Kier alpha value is -3.15. The summed E-state index contributed by atoms with van der Waals surface area (Å²) >= 11 is 0. The zero-order valence-electron chi connectivity index (χ0n) is 15.4. The van der Waals surface area contributed by atoms with Crippen LogP contribution in [0.2, 0.25) is 0 Å². The standard InChI is InChI=1S/C20H23N3O3/c1-13(2)26-17-10-8-16(9-11-17)12-21-23-20(25)19(24)22-18-7-5-6-14(3)15(18)4/h5-13H,1-4H3,(H,22,24)(H,23,25)/b21-12-. The summed E-state index contributed by atoms with van der Waals surface area (Å²) in [6.07, 6.45) is 1.56. The number of carbonyl (C=O) groups excluding carboxylic acids is 2. The normalized spacial score (nSPS) is 10.8. The number of amides is 2. The smallest absolute Gasteiger partial charge is 0.329 e. The molecule has 0 heterocycles. The first kappa shape index (κ1) is 19.2. The van der Waals surface area contributed by atoms with E-state index in [0.717, 1.165) is 22.4 Å². The van der Waals surface area contributed by atoms with Crippen molar-refractivity contribution in [2.45, 2.75) is 33.8 Å². The van der Waals surface area contributed by atoms with Gasteiger partial charge in [-0.1, -0.05) is 12.1 Å². The summed E-state index contributed by atoms with van der Waals surface area (Å²) in [4.78, 5) is 23.8. The van der Waals surface area contributed by atoms with Crippen LogP contribution < -0.4 is 15.5 Å². The third kappa shape index (κ3) is 5.44. The van der Waals surface area contributed by atoms with Crippen molar-refractivity contribution in [3.05, 3.63) is 59.2 Å². The summed E-state index contributed by atoms with van der Waals surface area (Å²) < 4.78 is 5.55. The van der Waals surface area contributed by atoms with Gasteiger partial charge in [-0.3, -0.25) is 9.59 Å². The van der Waals surface area contributed by atoms with Gasteiger partial charge in [0.15, 0.2) is 0 Å². The highest BCUT2D eigenvalue weighted by Crippen LogP contribution is 2.17. The molecule has 2 aromatic rings. The van der Waals surface area contributed by atoms with Crippen molar-refractivity contribution in [2.24, 2.45) is 5.10 Å². The molecule has 2 amide bonds. The van der Waals surface area contributed by atoms with Crippen molar-refractivity contribution in [3.63, 3.8) is 0 Å². The molecule has 0 unspecified atom stereocenters. The molecule has 2 N–H and O–H groups in total. The van der Waals surface area contributed by atoms with E-state index < -0.39 is 11.8 Å². The van der Waals surface area contributed by atoms with Gasteiger partial charge in [-0.05, 0) is 74.7 Å². The van der Waals surface area contributed by atoms with Crippen LogP contribution >= 0.6 is 0 Å². The number of hydrazone groups is 1. The Bertz CT molecular complexity index is 812. The fourth-order valence-electron chi connectivity index (χ4n) is 2.19. The third-order valence-corrected chi connectivity index (χ3v) is 3.69. The molecular formula is C20H23N3O3. The van der Waals surface area contributed by atoms with Gasteiger partial charge >= 0.3 is 11.8 Å². The minimum atomic E-state index is -0.832. The van der Waals surface area contributed by atoms with Gasteiger partial charge in [0, 0.05) is 5.69 Å². The van der Waals surface area contributed by atoms with E-state index in [1.807, 2.05) is 64.1 Å². The molecule has 0 saturated heterocycles. The fraction of sp³-hybridized carbons (Fsp3) is 0.250. The maximum Gasteiger partial charge on any atom is 0.329 e. The van der Waals surface area contributed by atoms with Crippen molar-refractivity contribution in [3.8, 4) is 5.75 Å². The number of nitrogens with one attached hydrogen (secondary N) is 2. The summed E-state index contributed by atoms with van der Waals surface area (Å²) in [5.74, 6) is -0.840. The lowest BCUT2D eigenvalue weighted by Gasteiger charge is -2.09. The molecule has 0 aromatic heterocycles. The molecule has 0 saturated carbocycles. The molecule has 0 radical (unpaired) electrons. The largest absolute Gasteiger partial charge is 0.491 e. The summed E-state index contributed by atoms with van der Waals surface area (Å²) in [6, 6.07) is 12.8. The third-order valence-electron chi connectivity index (χ3n) is 3.69. The molecule has 0 aliphatic heterocycles. The first-order valence-electron chi connectivity index (χ1n) is 8.34. The average Bonchev–Trinajstić information content (AvgIpc) is 2.60. The molecule has 0 fully saturated rings. The maximum atomic E-state index is 12.0. The van der Waals surface area contributed by atoms with Crippen LogP contribution in [0.5, 0.6) is 5.75 Å². The van der Waals surface area contributed by atoms with E-state index in [2.05, 4.69) is 15.8 Å². The van der Waals surface area contributed by atoms with Gasteiger partial charge in [-0.25, -0.2) is 5.43 Å². The average molecular weight is 353 g/mol. The number of benzene rings is 2. The number of hydrogen-bond donors (Lipinski definition) is 2. The van der Waals surface area contributed by atoms with Crippen LogP contribution in [-0.4, -0.2) is 24.1 Å². The van der Waals surface area contributed by atoms with Crippen molar-refractivity contribution in [2.75, 3.05) is 5.32 Å². The quantitative estimate of drug-likeness (QED) is 0.492. The van der Waals surface area contributed by atoms with Gasteiger partial charge in [0.25, 0.3) is 0 Å². The molecule has 26 heavy (non-hydrogen) atoms. The zero-order valence-corrected chi connectivity index (χ0v) is 15.4. The highest BCUT2D eigenvalue weighted by Gasteiger charge is 2.14. The number of carbonyl (C=O) groups is 2. The molecule has 6 nitrogen and oxygen atoms in total. The second kappa shape index (κ2) is 8.80. The van der Waals surface area contributed by atoms with Crippen LogP contribution in [-0.2, 0) is 9.59 Å². The Balaban J connectivity index is 1.90. The van der Waals surface area contributed by atoms with Crippen molar-refractivity contribution in [1.29, 1.82) is 0 Å². The topological polar surface area (TPSA) is 79.8 Å². The van der Waals surface area contributed by atoms with E-state index in [1.54, 1.807) is 6.07 Å². The number of aryl methyl sites for hydroxylation is 1. The molecule has 0 atom stereocenters. The van der Waals surface area contributed by atoms with E-state index in [0.29, 0.717) is 5.69 Å². The second-order valence-electron chi connectivity index (χ2n) is 6.14. The Morgan fingerprint density at radius 3 is 2.38 bits per heavy atom. The van der Waals surface area contributed by atoms with Crippen LogP contribution in [0.1, 0.15) is 30.5 Å². The molecule has 136 valence electrons. The van der Waals surface area contributed by atoms with Crippen molar-refractivity contribution < 1.29 is 14.3 Å². The minimum absolute atomic E-state index is 0.101. The second-order valence-corrected chi connectivity index (χ2v) is 6.14. The van der Waals surface area contributed by atoms with E-state index in [9.17, 15) is 9.59 Å². The van der Waals surface area contributed by atoms with Crippen molar-refractivity contribution >= 4 is 23.7 Å². The Morgan fingerprint density at radius 1 is 1.04 bits per heavy atom. The van der Waals surface area contributed by atoms with Gasteiger partial charge in [0.1, 0.15) is 5.75 Å². The lowest BCUT2D eigenvalue weighted by molar-refractivity contribution is -0.136. The number of rotatable bonds is 5. The van der Waals surface area contributed by atoms with E-state index in [1.165, 1.54) is 6.21 Å².